The molecule has 0 saturated carbocycles. The van der Waals surface area contributed by atoms with Crippen LogP contribution in [0.3, 0.4) is 0 Å². The summed E-state index contributed by atoms with van der Waals surface area (Å²) in [5.74, 6) is -0.966. The molecule has 1 unspecified atom stereocenters. The van der Waals surface area contributed by atoms with E-state index in [1.165, 1.54) is 7.11 Å². The molecule has 16 heavy (non-hydrogen) atoms. The molecule has 6 heteroatoms. The Balaban J connectivity index is 0. The normalized spacial score (nSPS) is 10.4. The summed E-state index contributed by atoms with van der Waals surface area (Å²) in [5.41, 5.74) is 6.93. The van der Waals surface area contributed by atoms with E-state index in [4.69, 9.17) is 10.8 Å². The molecule has 1 atom stereocenters. The van der Waals surface area contributed by atoms with Crippen LogP contribution < -0.4 is 11.2 Å². The standard InChI is InChI=1S/C6H11NO2.C4H7NO2/c1-3-5(8)4(2)6(7)9;1-3-4(6)5-7-2/h5,8H,2-3H2,1H3,(H2,7,9);3H,1H2,2H3,(H,5,6). The Labute approximate surface area is 94.7 Å². The number of hydroxylamine groups is 1. The summed E-state index contributed by atoms with van der Waals surface area (Å²) in [7, 11) is 1.36. The molecule has 0 aliphatic heterocycles. The monoisotopic (exact) mass is 230 g/mol. The van der Waals surface area contributed by atoms with Gasteiger partial charge in [-0.2, -0.15) is 0 Å². The van der Waals surface area contributed by atoms with E-state index in [-0.39, 0.29) is 11.5 Å². The third kappa shape index (κ3) is 8.92. The second-order valence-electron chi connectivity index (χ2n) is 2.69. The molecule has 0 spiro atoms. The minimum absolute atomic E-state index is 0.0810. The van der Waals surface area contributed by atoms with E-state index in [9.17, 15) is 9.59 Å². The van der Waals surface area contributed by atoms with Gasteiger partial charge in [0.2, 0.25) is 5.91 Å². The van der Waals surface area contributed by atoms with Crippen LogP contribution in [0.1, 0.15) is 13.3 Å². The third-order valence-corrected chi connectivity index (χ3v) is 1.49. The fraction of sp³-hybridized carbons (Fsp3) is 0.400. The van der Waals surface area contributed by atoms with Crippen molar-refractivity contribution in [1.29, 1.82) is 0 Å². The topological polar surface area (TPSA) is 102 Å². The van der Waals surface area contributed by atoms with Crippen LogP contribution in [0.5, 0.6) is 0 Å². The van der Waals surface area contributed by atoms with Gasteiger partial charge < -0.3 is 10.8 Å². The SMILES string of the molecule is C=C(C(N)=O)C(O)CC.C=CC(=O)NOC. The highest BCUT2D eigenvalue weighted by Gasteiger charge is 2.09. The largest absolute Gasteiger partial charge is 0.388 e. The number of carbonyl (C=O) groups is 2. The first-order chi connectivity index (χ1) is 7.40. The molecule has 0 heterocycles. The van der Waals surface area contributed by atoms with Crippen molar-refractivity contribution in [2.75, 3.05) is 7.11 Å². The van der Waals surface area contributed by atoms with Gasteiger partial charge in [0.15, 0.2) is 0 Å². The summed E-state index contributed by atoms with van der Waals surface area (Å²) < 4.78 is 0. The van der Waals surface area contributed by atoms with E-state index in [1.54, 1.807) is 6.92 Å². The second kappa shape index (κ2) is 9.88. The summed E-state index contributed by atoms with van der Waals surface area (Å²) >= 11 is 0. The van der Waals surface area contributed by atoms with Gasteiger partial charge in [-0.15, -0.1) is 0 Å². The van der Waals surface area contributed by atoms with E-state index in [0.29, 0.717) is 6.42 Å². The molecule has 0 fully saturated rings. The number of rotatable bonds is 5. The fourth-order valence-electron chi connectivity index (χ4n) is 0.553. The van der Waals surface area contributed by atoms with Gasteiger partial charge in [0.05, 0.1) is 13.2 Å². The Morgan fingerprint density at radius 1 is 1.62 bits per heavy atom. The summed E-state index contributed by atoms with van der Waals surface area (Å²) in [6.07, 6.45) is 0.827. The molecular formula is C10H18N2O4. The van der Waals surface area contributed by atoms with E-state index < -0.39 is 12.0 Å². The first-order valence-electron chi connectivity index (χ1n) is 4.52. The molecular weight excluding hydrogens is 212 g/mol. The van der Waals surface area contributed by atoms with Crippen molar-refractivity contribution in [2.45, 2.75) is 19.4 Å². The van der Waals surface area contributed by atoms with E-state index >= 15 is 0 Å². The lowest BCUT2D eigenvalue weighted by molar-refractivity contribution is -0.126. The van der Waals surface area contributed by atoms with Crippen molar-refractivity contribution in [3.05, 3.63) is 24.8 Å². The van der Waals surface area contributed by atoms with Crippen LogP contribution >= 0.6 is 0 Å². The number of carbonyl (C=O) groups excluding carboxylic acids is 2. The Hall–Kier alpha value is -1.66. The molecule has 0 aliphatic carbocycles. The summed E-state index contributed by atoms with van der Waals surface area (Å²) in [6, 6.07) is 0. The lowest BCUT2D eigenvalue weighted by Gasteiger charge is -2.05. The number of aliphatic hydroxyl groups is 1. The Morgan fingerprint density at radius 2 is 2.12 bits per heavy atom. The highest BCUT2D eigenvalue weighted by Crippen LogP contribution is 2.00. The number of hydrogen-bond acceptors (Lipinski definition) is 4. The lowest BCUT2D eigenvalue weighted by Crippen LogP contribution is -2.22. The number of hydrogen-bond donors (Lipinski definition) is 3. The van der Waals surface area contributed by atoms with Gasteiger partial charge in [-0.3, -0.25) is 14.4 Å². The predicted molar refractivity (Wildman–Crippen MR) is 60.0 cm³/mol. The molecule has 0 aliphatic rings. The van der Waals surface area contributed by atoms with Crippen LogP contribution in [0.25, 0.3) is 0 Å². The van der Waals surface area contributed by atoms with E-state index in [1.807, 2.05) is 5.48 Å². The predicted octanol–water partition coefficient (Wildman–Crippen LogP) is -0.351. The first kappa shape index (κ1) is 16.8. The molecule has 92 valence electrons. The maximum Gasteiger partial charge on any atom is 0.266 e. The zero-order chi connectivity index (χ0) is 13.1. The molecule has 0 bridgehead atoms. The molecule has 6 nitrogen and oxygen atoms in total. The van der Waals surface area contributed by atoms with E-state index in [2.05, 4.69) is 18.0 Å². The molecule has 0 aromatic rings. The number of nitrogens with two attached hydrogens (primary N) is 1. The molecule has 0 radical (unpaired) electrons. The minimum atomic E-state index is -0.775. The van der Waals surface area contributed by atoms with Crippen molar-refractivity contribution >= 4 is 11.8 Å². The molecule has 0 saturated heterocycles. The Bertz CT molecular complexity index is 264. The minimum Gasteiger partial charge on any atom is -0.388 e. The van der Waals surface area contributed by atoms with Crippen molar-refractivity contribution < 1.29 is 19.5 Å². The van der Waals surface area contributed by atoms with Gasteiger partial charge in [0.25, 0.3) is 5.91 Å². The van der Waals surface area contributed by atoms with Crippen molar-refractivity contribution in [1.82, 2.24) is 5.48 Å². The van der Waals surface area contributed by atoms with Gasteiger partial charge >= 0.3 is 0 Å². The smallest absolute Gasteiger partial charge is 0.266 e. The summed E-state index contributed by atoms with van der Waals surface area (Å²) in [4.78, 5) is 24.5. The van der Waals surface area contributed by atoms with Crippen LogP contribution in [0.15, 0.2) is 24.8 Å². The van der Waals surface area contributed by atoms with Crippen molar-refractivity contribution in [3.63, 3.8) is 0 Å². The maximum atomic E-state index is 10.3. The average Bonchev–Trinajstić information content (AvgIpc) is 2.27. The molecule has 0 aromatic heterocycles. The van der Waals surface area contributed by atoms with Gasteiger partial charge in [-0.25, -0.2) is 5.48 Å². The fourth-order valence-corrected chi connectivity index (χ4v) is 0.553. The van der Waals surface area contributed by atoms with Crippen LogP contribution in [0.4, 0.5) is 0 Å². The summed E-state index contributed by atoms with van der Waals surface area (Å²) in [5, 5.41) is 8.90. The number of nitrogens with one attached hydrogen (secondary N) is 1. The molecule has 2 amide bonds. The second-order valence-corrected chi connectivity index (χ2v) is 2.69. The zero-order valence-corrected chi connectivity index (χ0v) is 9.53. The average molecular weight is 230 g/mol. The van der Waals surface area contributed by atoms with Gasteiger partial charge in [-0.1, -0.05) is 20.1 Å². The lowest BCUT2D eigenvalue weighted by atomic mass is 10.1. The maximum absolute atomic E-state index is 10.3. The highest BCUT2D eigenvalue weighted by molar-refractivity contribution is 5.92. The van der Waals surface area contributed by atoms with Crippen LogP contribution in [0, 0.1) is 0 Å². The van der Waals surface area contributed by atoms with Crippen LogP contribution in [-0.4, -0.2) is 30.1 Å². The number of aliphatic hydroxyl groups excluding tert-OH is 1. The molecule has 0 rings (SSSR count). The van der Waals surface area contributed by atoms with Gasteiger partial charge in [-0.05, 0) is 12.5 Å². The van der Waals surface area contributed by atoms with Crippen molar-refractivity contribution in [2.24, 2.45) is 5.73 Å². The first-order valence-corrected chi connectivity index (χ1v) is 4.52. The Kier molecular flexibility index (Phi) is 10.3. The molecule has 4 N–H and O–H groups in total. The number of primary amides is 1. The Morgan fingerprint density at radius 3 is 2.25 bits per heavy atom. The number of amides is 2. The van der Waals surface area contributed by atoms with Crippen LogP contribution in [0.2, 0.25) is 0 Å². The summed E-state index contributed by atoms with van der Waals surface area (Å²) in [6.45, 7) is 8.24. The third-order valence-electron chi connectivity index (χ3n) is 1.49. The highest BCUT2D eigenvalue weighted by atomic mass is 16.6. The van der Waals surface area contributed by atoms with Crippen molar-refractivity contribution in [3.8, 4) is 0 Å². The zero-order valence-electron chi connectivity index (χ0n) is 9.53. The van der Waals surface area contributed by atoms with Gasteiger partial charge in [0, 0.05) is 5.57 Å². The quantitative estimate of drug-likeness (QED) is 0.443. The van der Waals surface area contributed by atoms with Gasteiger partial charge in [0.1, 0.15) is 0 Å². The molecule has 0 aromatic carbocycles. The van der Waals surface area contributed by atoms with Crippen LogP contribution in [-0.2, 0) is 14.4 Å². The van der Waals surface area contributed by atoms with E-state index in [0.717, 1.165) is 6.08 Å².